The Morgan fingerprint density at radius 1 is 1.09 bits per heavy atom. The van der Waals surface area contributed by atoms with Gasteiger partial charge in [-0.25, -0.2) is 4.79 Å². The average Bonchev–Trinajstić information content (AvgIpc) is 3.07. The molecule has 0 saturated heterocycles. The van der Waals surface area contributed by atoms with Crippen LogP contribution in [0, 0.1) is 28.6 Å². The van der Waals surface area contributed by atoms with Gasteiger partial charge in [0.15, 0.2) is 5.78 Å². The van der Waals surface area contributed by atoms with Crippen molar-refractivity contribution in [3.05, 3.63) is 23.3 Å². The van der Waals surface area contributed by atoms with E-state index in [0.717, 1.165) is 5.57 Å². The Hall–Kier alpha value is -1.54. The molecule has 7 heteroatoms. The zero-order chi connectivity index (χ0) is 25.8. The van der Waals surface area contributed by atoms with Crippen LogP contribution < -0.4 is 0 Å². The molecule has 0 spiro atoms. The van der Waals surface area contributed by atoms with E-state index in [-0.39, 0.29) is 30.0 Å². The highest BCUT2D eigenvalue weighted by atomic mass is 16.6. The first-order chi connectivity index (χ1) is 16.1. The summed E-state index contributed by atoms with van der Waals surface area (Å²) in [5.41, 5.74) is -5.08. The van der Waals surface area contributed by atoms with E-state index in [9.17, 15) is 30.0 Å². The van der Waals surface area contributed by atoms with Gasteiger partial charge in [-0.2, -0.15) is 0 Å². The van der Waals surface area contributed by atoms with Crippen molar-refractivity contribution in [2.75, 3.05) is 0 Å². The lowest BCUT2D eigenvalue weighted by Crippen LogP contribution is -2.71. The van der Waals surface area contributed by atoms with Gasteiger partial charge in [-0.3, -0.25) is 4.79 Å². The smallest absolute Gasteiger partial charge is 0.334 e. The van der Waals surface area contributed by atoms with Crippen LogP contribution in [0.15, 0.2) is 23.3 Å². The van der Waals surface area contributed by atoms with E-state index in [1.807, 2.05) is 13.8 Å². The van der Waals surface area contributed by atoms with Gasteiger partial charge in [0.05, 0.1) is 11.5 Å². The number of carbonyl (C=O) groups is 2. The van der Waals surface area contributed by atoms with Gasteiger partial charge < -0.3 is 25.2 Å². The first kappa shape index (κ1) is 25.1. The number of esters is 1. The average molecular weight is 489 g/mol. The largest absolute Gasteiger partial charge is 0.455 e. The predicted octanol–water partition coefficient (Wildman–Crippen LogP) is 2.59. The molecule has 1 heterocycles. The van der Waals surface area contributed by atoms with Gasteiger partial charge in [0.25, 0.3) is 0 Å². The number of hydrogen-bond donors (Lipinski definition) is 4. The number of rotatable bonds is 2. The van der Waals surface area contributed by atoms with Crippen molar-refractivity contribution >= 4 is 11.8 Å². The Morgan fingerprint density at radius 3 is 2.40 bits per heavy atom. The quantitative estimate of drug-likeness (QED) is 0.441. The molecule has 10 atom stereocenters. The molecule has 5 rings (SSSR count). The van der Waals surface area contributed by atoms with Crippen molar-refractivity contribution in [3.63, 3.8) is 0 Å². The highest BCUT2D eigenvalue weighted by molar-refractivity contribution is 5.97. The normalized spacial score (nSPS) is 51.3. The molecule has 0 aromatic rings. The Balaban J connectivity index is 1.51. The molecule has 0 bridgehead atoms. The topological polar surface area (TPSA) is 124 Å². The van der Waals surface area contributed by atoms with Crippen LogP contribution in [0.4, 0.5) is 0 Å². The predicted molar refractivity (Wildman–Crippen MR) is 128 cm³/mol. The molecule has 7 nitrogen and oxygen atoms in total. The van der Waals surface area contributed by atoms with Crippen molar-refractivity contribution in [2.45, 2.75) is 109 Å². The number of aliphatic hydroxyl groups excluding tert-OH is 1. The molecule has 0 amide bonds. The Labute approximate surface area is 207 Å². The lowest BCUT2D eigenvalue weighted by Gasteiger charge is -2.64. The maximum Gasteiger partial charge on any atom is 0.334 e. The van der Waals surface area contributed by atoms with Gasteiger partial charge in [-0.1, -0.05) is 18.6 Å². The third kappa shape index (κ3) is 2.87. The Bertz CT molecular complexity index is 1030. The van der Waals surface area contributed by atoms with Crippen molar-refractivity contribution in [1.82, 2.24) is 0 Å². The lowest BCUT2D eigenvalue weighted by atomic mass is 9.42. The fraction of sp³-hybridized carbons (Fsp3) is 0.786. The summed E-state index contributed by atoms with van der Waals surface area (Å²) < 4.78 is 5.64. The molecule has 0 radical (unpaired) electrons. The molecular formula is C28H40O7. The maximum absolute atomic E-state index is 13.2. The molecule has 4 N–H and O–H groups in total. The molecule has 35 heavy (non-hydrogen) atoms. The first-order valence-electron chi connectivity index (χ1n) is 13.1. The monoisotopic (exact) mass is 488 g/mol. The summed E-state index contributed by atoms with van der Waals surface area (Å²) in [6.45, 7) is 8.96. The van der Waals surface area contributed by atoms with Crippen LogP contribution in [0.3, 0.4) is 0 Å². The van der Waals surface area contributed by atoms with Gasteiger partial charge in [0, 0.05) is 17.4 Å². The van der Waals surface area contributed by atoms with Crippen molar-refractivity contribution in [1.29, 1.82) is 0 Å². The minimum atomic E-state index is -1.68. The third-order valence-corrected chi connectivity index (χ3v) is 11.6. The second-order valence-electron chi connectivity index (χ2n) is 12.7. The zero-order valence-corrected chi connectivity index (χ0v) is 21.5. The molecule has 5 aliphatic rings. The van der Waals surface area contributed by atoms with E-state index in [0.29, 0.717) is 44.1 Å². The summed E-state index contributed by atoms with van der Waals surface area (Å²) in [6.07, 6.45) is 4.41. The number of carbonyl (C=O) groups excluding carboxylic acids is 2. The fourth-order valence-electron chi connectivity index (χ4n) is 9.01. The van der Waals surface area contributed by atoms with Crippen LogP contribution in [-0.2, 0) is 14.3 Å². The van der Waals surface area contributed by atoms with Crippen LogP contribution in [0.5, 0.6) is 0 Å². The van der Waals surface area contributed by atoms with E-state index in [4.69, 9.17) is 4.74 Å². The van der Waals surface area contributed by atoms with Gasteiger partial charge in [-0.15, -0.1) is 0 Å². The van der Waals surface area contributed by atoms with Gasteiger partial charge in [-0.05, 0) is 90.0 Å². The van der Waals surface area contributed by atoms with Crippen LogP contribution in [-0.4, -0.2) is 61.2 Å². The van der Waals surface area contributed by atoms with Crippen molar-refractivity contribution in [3.8, 4) is 0 Å². The van der Waals surface area contributed by atoms with E-state index >= 15 is 0 Å². The minimum Gasteiger partial charge on any atom is -0.455 e. The number of fused-ring (bicyclic) bond motifs is 5. The molecule has 0 aromatic carbocycles. The SMILES string of the molecule is CC1=C(C)C(=O)O[C@@H]([C@](C)(O)[C@]2(O)CC[C@H]3[C@@H]4C[C@@H](O)[C@@]5(O)CC=CC(=O)[C@]5(C)[C@H]4CC[C@@]32C)C1. The standard InChI is InChI=1S/C28H40O7/c1-15-13-22(35-23(31)16(15)2)26(5,32)28(34)12-9-18-17-14-21(30)27(33)10-6-7-20(29)25(27,4)19(17)8-11-24(18,28)3/h6-7,17-19,21-22,30,32-34H,8-14H2,1-5H3/t17-,18-,19-,21+,22+,24-,25-,26-,27-,28-/m0/s1. The number of ketones is 1. The molecule has 4 aliphatic carbocycles. The van der Waals surface area contributed by atoms with Crippen LogP contribution in [0.25, 0.3) is 0 Å². The summed E-state index contributed by atoms with van der Waals surface area (Å²) in [6, 6.07) is 0. The second-order valence-corrected chi connectivity index (χ2v) is 12.7. The van der Waals surface area contributed by atoms with Crippen LogP contribution in [0.1, 0.15) is 79.6 Å². The molecular weight excluding hydrogens is 448 g/mol. The maximum atomic E-state index is 13.2. The molecule has 3 saturated carbocycles. The molecule has 0 unspecified atom stereocenters. The fourth-order valence-corrected chi connectivity index (χ4v) is 9.01. The highest BCUT2D eigenvalue weighted by Crippen LogP contribution is 2.69. The number of aliphatic hydroxyl groups is 4. The van der Waals surface area contributed by atoms with E-state index in [1.165, 1.54) is 0 Å². The number of allylic oxidation sites excluding steroid dienone is 1. The van der Waals surface area contributed by atoms with Gasteiger partial charge in [0.1, 0.15) is 22.9 Å². The highest BCUT2D eigenvalue weighted by Gasteiger charge is 2.74. The molecule has 194 valence electrons. The minimum absolute atomic E-state index is 0.0508. The van der Waals surface area contributed by atoms with E-state index in [1.54, 1.807) is 32.9 Å². The number of ether oxygens (including phenoxy) is 1. The summed E-state index contributed by atoms with van der Waals surface area (Å²) in [5.74, 6) is -0.857. The van der Waals surface area contributed by atoms with Crippen LogP contribution >= 0.6 is 0 Å². The lowest BCUT2D eigenvalue weighted by molar-refractivity contribution is -0.267. The molecule has 3 fully saturated rings. The van der Waals surface area contributed by atoms with Crippen molar-refractivity contribution < 1.29 is 34.8 Å². The van der Waals surface area contributed by atoms with Gasteiger partial charge in [0.2, 0.25) is 0 Å². The summed E-state index contributed by atoms with van der Waals surface area (Å²) in [4.78, 5) is 25.6. The number of hydrogen-bond acceptors (Lipinski definition) is 7. The Morgan fingerprint density at radius 2 is 1.74 bits per heavy atom. The zero-order valence-electron chi connectivity index (χ0n) is 21.5. The Kier molecular flexibility index (Phi) is 5.38. The van der Waals surface area contributed by atoms with E-state index < -0.39 is 45.8 Å². The third-order valence-electron chi connectivity index (χ3n) is 11.6. The summed E-state index contributed by atoms with van der Waals surface area (Å²) >= 11 is 0. The summed E-state index contributed by atoms with van der Waals surface area (Å²) in [5, 5.41) is 46.9. The van der Waals surface area contributed by atoms with Crippen molar-refractivity contribution in [2.24, 2.45) is 28.6 Å². The first-order valence-corrected chi connectivity index (χ1v) is 13.1. The summed E-state index contributed by atoms with van der Waals surface area (Å²) in [7, 11) is 0. The second kappa shape index (κ2) is 7.50. The van der Waals surface area contributed by atoms with Gasteiger partial charge >= 0.3 is 5.97 Å². The number of cyclic esters (lactones) is 1. The molecule has 0 aromatic heterocycles. The molecule has 1 aliphatic heterocycles. The van der Waals surface area contributed by atoms with Crippen LogP contribution in [0.2, 0.25) is 0 Å². The van der Waals surface area contributed by atoms with E-state index in [2.05, 4.69) is 0 Å².